The number of aliphatic hydroxyl groups is 2. The largest absolute Gasteiger partial charge is 0.481 e. The van der Waals surface area contributed by atoms with Crippen LogP contribution in [-0.4, -0.2) is 27.1 Å². The normalized spacial score (nSPS) is 11.7. The number of carbonyl (C=O) groups is 1. The fraction of sp³-hybridized carbons (Fsp3) is 0.929. The van der Waals surface area contributed by atoms with E-state index in [1.165, 1.54) is 0 Å². The molecule has 18 heavy (non-hydrogen) atoms. The number of hydrogen-bond acceptors (Lipinski definition) is 3. The van der Waals surface area contributed by atoms with Gasteiger partial charge in [0.05, 0.1) is 0 Å². The third-order valence-electron chi connectivity index (χ3n) is 3.15. The summed E-state index contributed by atoms with van der Waals surface area (Å²) in [5.41, 5.74) is 0. The van der Waals surface area contributed by atoms with Gasteiger partial charge in [-0.25, -0.2) is 0 Å². The number of aliphatic carboxylic acids is 1. The summed E-state index contributed by atoms with van der Waals surface area (Å²) in [5, 5.41) is 27.9. The number of hydrogen-bond donors (Lipinski definition) is 3. The molecular weight excluding hydrogens is 232 g/mol. The van der Waals surface area contributed by atoms with E-state index in [4.69, 9.17) is 5.11 Å². The van der Waals surface area contributed by atoms with Gasteiger partial charge in [0.1, 0.15) is 0 Å². The molecule has 4 nitrogen and oxygen atoms in total. The maximum atomic E-state index is 10.3. The Kier molecular flexibility index (Phi) is 9.98. The second kappa shape index (κ2) is 10.3. The zero-order valence-electron chi connectivity index (χ0n) is 11.5. The van der Waals surface area contributed by atoms with Crippen LogP contribution in [-0.2, 0) is 4.79 Å². The van der Waals surface area contributed by atoms with Crippen LogP contribution in [0.25, 0.3) is 0 Å². The molecule has 0 fully saturated rings. The van der Waals surface area contributed by atoms with Crippen molar-refractivity contribution in [2.75, 3.05) is 0 Å². The molecule has 4 heteroatoms. The highest BCUT2D eigenvalue weighted by atomic mass is 16.5. The molecule has 0 atom stereocenters. The number of carboxylic acids is 1. The molecule has 0 aromatic rings. The summed E-state index contributed by atoms with van der Waals surface area (Å²) in [7, 11) is 0. The summed E-state index contributed by atoms with van der Waals surface area (Å²) in [6.45, 7) is 2.13. The van der Waals surface area contributed by atoms with Crippen molar-refractivity contribution >= 4 is 5.97 Å². The first-order chi connectivity index (χ1) is 8.48. The van der Waals surface area contributed by atoms with Crippen molar-refractivity contribution in [3.63, 3.8) is 0 Å². The first kappa shape index (κ1) is 17.4. The van der Waals surface area contributed by atoms with Crippen molar-refractivity contribution in [3.8, 4) is 0 Å². The van der Waals surface area contributed by atoms with E-state index in [0.29, 0.717) is 19.3 Å². The third-order valence-corrected chi connectivity index (χ3v) is 3.15. The Bertz CT molecular complexity index is 214. The molecule has 0 aliphatic carbocycles. The van der Waals surface area contributed by atoms with E-state index >= 15 is 0 Å². The van der Waals surface area contributed by atoms with Crippen LogP contribution in [0.1, 0.15) is 77.6 Å². The first-order valence-electron chi connectivity index (χ1n) is 7.14. The van der Waals surface area contributed by atoms with Gasteiger partial charge in [0.15, 0.2) is 5.79 Å². The van der Waals surface area contributed by atoms with Gasteiger partial charge in [0.25, 0.3) is 0 Å². The smallest absolute Gasteiger partial charge is 0.303 e. The fourth-order valence-electron chi connectivity index (χ4n) is 2.00. The van der Waals surface area contributed by atoms with Crippen molar-refractivity contribution < 1.29 is 20.1 Å². The van der Waals surface area contributed by atoms with Crippen LogP contribution in [0.2, 0.25) is 0 Å². The molecule has 0 amide bonds. The van der Waals surface area contributed by atoms with Gasteiger partial charge in [-0.1, -0.05) is 39.0 Å². The Labute approximate surface area is 110 Å². The van der Waals surface area contributed by atoms with E-state index in [-0.39, 0.29) is 6.42 Å². The minimum atomic E-state index is -1.53. The van der Waals surface area contributed by atoms with E-state index < -0.39 is 11.8 Å². The molecular formula is C14H28O4. The second-order valence-corrected chi connectivity index (χ2v) is 5.10. The molecule has 0 unspecified atom stereocenters. The van der Waals surface area contributed by atoms with Gasteiger partial charge in [0.2, 0.25) is 0 Å². The SMILES string of the molecule is CCCCCCC(O)(O)CCCCCCC(=O)O. The molecule has 0 saturated carbocycles. The van der Waals surface area contributed by atoms with Crippen LogP contribution in [0.5, 0.6) is 0 Å². The predicted octanol–water partition coefficient (Wildman–Crippen LogP) is 3.06. The minimum absolute atomic E-state index is 0.209. The third kappa shape index (κ3) is 11.9. The number of carboxylic acid groups (broad SMARTS) is 1. The Balaban J connectivity index is 3.42. The molecule has 3 N–H and O–H groups in total. The van der Waals surface area contributed by atoms with Crippen LogP contribution in [0, 0.1) is 0 Å². The predicted molar refractivity (Wildman–Crippen MR) is 71.3 cm³/mol. The molecule has 0 aliphatic heterocycles. The second-order valence-electron chi connectivity index (χ2n) is 5.10. The number of rotatable bonds is 12. The molecule has 0 aliphatic rings. The van der Waals surface area contributed by atoms with Gasteiger partial charge in [-0.2, -0.15) is 0 Å². The van der Waals surface area contributed by atoms with Gasteiger partial charge < -0.3 is 15.3 Å². The lowest BCUT2D eigenvalue weighted by Crippen LogP contribution is -2.27. The highest BCUT2D eigenvalue weighted by molar-refractivity contribution is 5.66. The highest BCUT2D eigenvalue weighted by Gasteiger charge is 2.21. The first-order valence-corrected chi connectivity index (χ1v) is 7.14. The zero-order chi connectivity index (χ0) is 13.9. The van der Waals surface area contributed by atoms with Crippen molar-refractivity contribution in [3.05, 3.63) is 0 Å². The summed E-state index contributed by atoms with van der Waals surface area (Å²) in [5.74, 6) is -2.29. The van der Waals surface area contributed by atoms with Crippen LogP contribution < -0.4 is 0 Å². The molecule has 0 radical (unpaired) electrons. The van der Waals surface area contributed by atoms with Crippen LogP contribution >= 0.6 is 0 Å². The van der Waals surface area contributed by atoms with E-state index in [0.717, 1.165) is 44.9 Å². The van der Waals surface area contributed by atoms with Crippen molar-refractivity contribution in [2.45, 2.75) is 83.3 Å². The Morgan fingerprint density at radius 2 is 1.39 bits per heavy atom. The maximum Gasteiger partial charge on any atom is 0.303 e. The van der Waals surface area contributed by atoms with Crippen molar-refractivity contribution in [2.24, 2.45) is 0 Å². The molecule has 0 heterocycles. The van der Waals surface area contributed by atoms with Gasteiger partial charge >= 0.3 is 5.97 Å². The summed E-state index contributed by atoms with van der Waals surface area (Å²) in [6, 6.07) is 0. The highest BCUT2D eigenvalue weighted by Crippen LogP contribution is 2.20. The molecule has 0 rings (SSSR count). The fourth-order valence-corrected chi connectivity index (χ4v) is 2.00. The summed E-state index contributed by atoms with van der Waals surface area (Å²) >= 11 is 0. The van der Waals surface area contributed by atoms with E-state index in [1.807, 2.05) is 0 Å². The summed E-state index contributed by atoms with van der Waals surface area (Å²) < 4.78 is 0. The molecule has 0 bridgehead atoms. The van der Waals surface area contributed by atoms with Gasteiger partial charge in [-0.3, -0.25) is 4.79 Å². The monoisotopic (exact) mass is 260 g/mol. The van der Waals surface area contributed by atoms with E-state index in [1.54, 1.807) is 0 Å². The van der Waals surface area contributed by atoms with E-state index in [9.17, 15) is 15.0 Å². The molecule has 0 aromatic carbocycles. The zero-order valence-corrected chi connectivity index (χ0v) is 11.5. The molecule has 0 aromatic heterocycles. The maximum absolute atomic E-state index is 10.3. The Hall–Kier alpha value is -0.610. The average Bonchev–Trinajstić information content (AvgIpc) is 2.29. The van der Waals surface area contributed by atoms with Crippen LogP contribution in [0.4, 0.5) is 0 Å². The molecule has 0 saturated heterocycles. The van der Waals surface area contributed by atoms with Crippen LogP contribution in [0.3, 0.4) is 0 Å². The quantitative estimate of drug-likeness (QED) is 0.372. The van der Waals surface area contributed by atoms with Gasteiger partial charge in [-0.05, 0) is 19.3 Å². The lowest BCUT2D eigenvalue weighted by molar-refractivity contribution is -0.172. The Morgan fingerprint density at radius 1 is 0.889 bits per heavy atom. The summed E-state index contributed by atoms with van der Waals surface area (Å²) in [4.78, 5) is 10.3. The van der Waals surface area contributed by atoms with E-state index in [2.05, 4.69) is 6.92 Å². The lowest BCUT2D eigenvalue weighted by atomic mass is 10.00. The van der Waals surface area contributed by atoms with Gasteiger partial charge in [0, 0.05) is 19.3 Å². The topological polar surface area (TPSA) is 77.8 Å². The standard InChI is InChI=1S/C14H28O4/c1-2-3-4-8-11-14(17,18)12-9-6-5-7-10-13(15)16/h17-18H,2-12H2,1H3,(H,15,16). The van der Waals surface area contributed by atoms with Gasteiger partial charge in [-0.15, -0.1) is 0 Å². The molecule has 108 valence electrons. The average molecular weight is 260 g/mol. The van der Waals surface area contributed by atoms with Crippen molar-refractivity contribution in [1.82, 2.24) is 0 Å². The Morgan fingerprint density at radius 3 is 1.89 bits per heavy atom. The van der Waals surface area contributed by atoms with Crippen LogP contribution in [0.15, 0.2) is 0 Å². The summed E-state index contributed by atoms with van der Waals surface area (Å²) in [6.07, 6.45) is 8.39. The lowest BCUT2D eigenvalue weighted by Gasteiger charge is -2.21. The number of unbranched alkanes of at least 4 members (excludes halogenated alkanes) is 6. The minimum Gasteiger partial charge on any atom is -0.481 e. The van der Waals surface area contributed by atoms with Crippen molar-refractivity contribution in [1.29, 1.82) is 0 Å². The molecule has 0 spiro atoms.